The summed E-state index contributed by atoms with van der Waals surface area (Å²) >= 11 is 0. The first-order valence-electron chi connectivity index (χ1n) is 4.56. The lowest BCUT2D eigenvalue weighted by Crippen LogP contribution is -2.37. The van der Waals surface area contributed by atoms with Crippen LogP contribution in [0.25, 0.3) is 0 Å². The average Bonchev–Trinajstić information content (AvgIpc) is 2.15. The molecule has 0 fully saturated rings. The molecule has 1 unspecified atom stereocenters. The van der Waals surface area contributed by atoms with Gasteiger partial charge >= 0.3 is 11.9 Å². The lowest BCUT2D eigenvalue weighted by molar-refractivity contribution is -0.168. The Morgan fingerprint density at radius 2 is 1.86 bits per heavy atom. The summed E-state index contributed by atoms with van der Waals surface area (Å²) in [6.45, 7) is 4.92. The predicted molar refractivity (Wildman–Crippen MR) is 50.2 cm³/mol. The maximum absolute atomic E-state index is 11.1. The van der Waals surface area contributed by atoms with Crippen LogP contribution in [-0.4, -0.2) is 24.8 Å². The SMILES string of the molecule is CCC(=O)OCOC(=O)C(N)C(C)C. The molecule has 0 bridgehead atoms. The molecule has 0 amide bonds. The van der Waals surface area contributed by atoms with Crippen LogP contribution < -0.4 is 5.73 Å². The molecular weight excluding hydrogens is 186 g/mol. The molecule has 0 rings (SSSR count). The number of nitrogens with two attached hydrogens (primary N) is 1. The van der Waals surface area contributed by atoms with Crippen molar-refractivity contribution in [3.8, 4) is 0 Å². The normalized spacial score (nSPS) is 12.4. The minimum Gasteiger partial charge on any atom is -0.428 e. The monoisotopic (exact) mass is 203 g/mol. The number of carbonyl (C=O) groups is 2. The summed E-state index contributed by atoms with van der Waals surface area (Å²) in [6.07, 6.45) is 0.258. The predicted octanol–water partition coefficient (Wildman–Crippen LogP) is 0.424. The fourth-order valence-electron chi connectivity index (χ4n) is 0.624. The third-order valence-electron chi connectivity index (χ3n) is 1.70. The van der Waals surface area contributed by atoms with Gasteiger partial charge in [-0.3, -0.25) is 9.59 Å². The van der Waals surface area contributed by atoms with Gasteiger partial charge in [0.2, 0.25) is 6.79 Å². The fourth-order valence-corrected chi connectivity index (χ4v) is 0.624. The minimum atomic E-state index is -0.671. The highest BCUT2D eigenvalue weighted by atomic mass is 16.7. The van der Waals surface area contributed by atoms with Crippen LogP contribution in [0.15, 0.2) is 0 Å². The highest BCUT2D eigenvalue weighted by Gasteiger charge is 2.18. The largest absolute Gasteiger partial charge is 0.428 e. The average molecular weight is 203 g/mol. The van der Waals surface area contributed by atoms with Crippen molar-refractivity contribution in [3.63, 3.8) is 0 Å². The summed E-state index contributed by atoms with van der Waals surface area (Å²) in [5.74, 6) is -0.954. The molecule has 0 aromatic rings. The maximum Gasteiger partial charge on any atom is 0.326 e. The molecule has 1 atom stereocenters. The van der Waals surface area contributed by atoms with Crippen LogP contribution in [0.5, 0.6) is 0 Å². The van der Waals surface area contributed by atoms with Crippen LogP contribution in [0, 0.1) is 5.92 Å². The molecule has 0 aliphatic carbocycles. The lowest BCUT2D eigenvalue weighted by atomic mass is 10.1. The molecule has 0 saturated carbocycles. The first-order valence-corrected chi connectivity index (χ1v) is 4.56. The molecule has 0 saturated heterocycles. The fraction of sp³-hybridized carbons (Fsp3) is 0.778. The molecule has 5 heteroatoms. The van der Waals surface area contributed by atoms with Crippen molar-refractivity contribution in [2.45, 2.75) is 33.2 Å². The van der Waals surface area contributed by atoms with Gasteiger partial charge in [0.15, 0.2) is 0 Å². The quantitative estimate of drug-likeness (QED) is 0.517. The zero-order chi connectivity index (χ0) is 11.1. The Morgan fingerprint density at radius 3 is 2.29 bits per heavy atom. The van der Waals surface area contributed by atoms with Crippen molar-refractivity contribution >= 4 is 11.9 Å². The van der Waals surface area contributed by atoms with Crippen LogP contribution >= 0.6 is 0 Å². The van der Waals surface area contributed by atoms with E-state index in [-0.39, 0.29) is 19.1 Å². The molecule has 0 aliphatic heterocycles. The van der Waals surface area contributed by atoms with Gasteiger partial charge in [-0.25, -0.2) is 0 Å². The smallest absolute Gasteiger partial charge is 0.326 e. The number of carbonyl (C=O) groups excluding carboxylic acids is 2. The van der Waals surface area contributed by atoms with E-state index in [4.69, 9.17) is 5.73 Å². The summed E-state index contributed by atoms with van der Waals surface area (Å²) < 4.78 is 9.18. The second-order valence-electron chi connectivity index (χ2n) is 3.22. The molecular formula is C9H17NO4. The Bertz CT molecular complexity index is 203. The lowest BCUT2D eigenvalue weighted by Gasteiger charge is -2.13. The molecule has 14 heavy (non-hydrogen) atoms. The first-order chi connectivity index (χ1) is 6.49. The summed E-state index contributed by atoms with van der Waals surface area (Å²) in [5, 5.41) is 0. The van der Waals surface area contributed by atoms with E-state index in [1.807, 2.05) is 13.8 Å². The van der Waals surface area contributed by atoms with Crippen molar-refractivity contribution in [2.24, 2.45) is 11.7 Å². The van der Waals surface area contributed by atoms with Crippen LogP contribution in [0.1, 0.15) is 27.2 Å². The summed E-state index contributed by atoms with van der Waals surface area (Å²) in [5.41, 5.74) is 5.49. The van der Waals surface area contributed by atoms with Crippen molar-refractivity contribution < 1.29 is 19.1 Å². The molecule has 0 aliphatic rings. The molecule has 2 N–H and O–H groups in total. The number of esters is 2. The van der Waals surface area contributed by atoms with Gasteiger partial charge in [0.05, 0.1) is 0 Å². The summed E-state index contributed by atoms with van der Waals surface area (Å²) in [7, 11) is 0. The summed E-state index contributed by atoms with van der Waals surface area (Å²) in [6, 6.07) is -0.671. The topological polar surface area (TPSA) is 78.6 Å². The second kappa shape index (κ2) is 6.37. The van der Waals surface area contributed by atoms with E-state index in [1.54, 1.807) is 6.92 Å². The van der Waals surface area contributed by atoms with Gasteiger partial charge in [0.25, 0.3) is 0 Å². The van der Waals surface area contributed by atoms with E-state index < -0.39 is 18.0 Å². The highest BCUT2D eigenvalue weighted by Crippen LogP contribution is 2.00. The molecule has 0 spiro atoms. The second-order valence-corrected chi connectivity index (χ2v) is 3.22. The number of hydrogen-bond donors (Lipinski definition) is 1. The van der Waals surface area contributed by atoms with Crippen molar-refractivity contribution in [1.29, 1.82) is 0 Å². The third-order valence-corrected chi connectivity index (χ3v) is 1.70. The van der Waals surface area contributed by atoms with Gasteiger partial charge in [0.1, 0.15) is 6.04 Å². The van der Waals surface area contributed by atoms with Crippen LogP contribution in [0.3, 0.4) is 0 Å². The summed E-state index contributed by atoms with van der Waals surface area (Å²) in [4.78, 5) is 21.8. The number of hydrogen-bond acceptors (Lipinski definition) is 5. The highest BCUT2D eigenvalue weighted by molar-refractivity contribution is 5.76. The van der Waals surface area contributed by atoms with Gasteiger partial charge < -0.3 is 15.2 Å². The van der Waals surface area contributed by atoms with Gasteiger partial charge in [-0.1, -0.05) is 20.8 Å². The Morgan fingerprint density at radius 1 is 1.29 bits per heavy atom. The Hall–Kier alpha value is -1.10. The Kier molecular flexibility index (Phi) is 5.87. The van der Waals surface area contributed by atoms with Crippen LogP contribution in [-0.2, 0) is 19.1 Å². The van der Waals surface area contributed by atoms with E-state index in [1.165, 1.54) is 0 Å². The zero-order valence-corrected chi connectivity index (χ0v) is 8.78. The third kappa shape index (κ3) is 4.81. The van der Waals surface area contributed by atoms with Crippen molar-refractivity contribution in [1.82, 2.24) is 0 Å². The molecule has 0 aromatic heterocycles. The molecule has 5 nitrogen and oxygen atoms in total. The molecule has 0 aromatic carbocycles. The first kappa shape index (κ1) is 12.9. The zero-order valence-electron chi connectivity index (χ0n) is 8.78. The Labute approximate surface area is 83.5 Å². The standard InChI is InChI=1S/C9H17NO4/c1-4-7(11)13-5-14-9(12)8(10)6(2)3/h6,8H,4-5,10H2,1-3H3. The van der Waals surface area contributed by atoms with E-state index in [0.29, 0.717) is 0 Å². The molecule has 0 heterocycles. The Balaban J connectivity index is 3.69. The van der Waals surface area contributed by atoms with Gasteiger partial charge in [0, 0.05) is 6.42 Å². The molecule has 82 valence electrons. The van der Waals surface area contributed by atoms with E-state index in [2.05, 4.69) is 9.47 Å². The van der Waals surface area contributed by atoms with E-state index >= 15 is 0 Å². The van der Waals surface area contributed by atoms with E-state index in [9.17, 15) is 9.59 Å². The van der Waals surface area contributed by atoms with Gasteiger partial charge in [-0.15, -0.1) is 0 Å². The number of rotatable bonds is 5. The maximum atomic E-state index is 11.1. The number of ether oxygens (including phenoxy) is 2. The van der Waals surface area contributed by atoms with Crippen LogP contribution in [0.4, 0.5) is 0 Å². The van der Waals surface area contributed by atoms with Crippen LogP contribution in [0.2, 0.25) is 0 Å². The van der Waals surface area contributed by atoms with Gasteiger partial charge in [-0.2, -0.15) is 0 Å². The molecule has 0 radical (unpaired) electrons. The van der Waals surface area contributed by atoms with E-state index in [0.717, 1.165) is 0 Å². The van der Waals surface area contributed by atoms with Crippen molar-refractivity contribution in [3.05, 3.63) is 0 Å². The minimum absolute atomic E-state index is 0.00405. The van der Waals surface area contributed by atoms with Gasteiger partial charge in [-0.05, 0) is 5.92 Å². The van der Waals surface area contributed by atoms with Crippen molar-refractivity contribution in [2.75, 3.05) is 6.79 Å².